The highest BCUT2D eigenvalue weighted by Gasteiger charge is 2.08. The van der Waals surface area contributed by atoms with Crippen LogP contribution in [0, 0.1) is 0 Å². The lowest BCUT2D eigenvalue weighted by atomic mass is 10.1. The zero-order chi connectivity index (χ0) is 12.8. The van der Waals surface area contributed by atoms with Crippen molar-refractivity contribution >= 4 is 23.4 Å². The molecule has 0 atom stereocenters. The van der Waals surface area contributed by atoms with E-state index >= 15 is 0 Å². The van der Waals surface area contributed by atoms with Crippen molar-refractivity contribution in [3.8, 4) is 0 Å². The quantitative estimate of drug-likeness (QED) is 0.810. The number of nitrogens with one attached hydrogen (secondary N) is 2. The molecule has 0 fully saturated rings. The minimum Gasteiger partial charge on any atom is -0.336 e. The minimum atomic E-state index is -0.352. The zero-order valence-corrected chi connectivity index (χ0v) is 10.5. The van der Waals surface area contributed by atoms with Crippen molar-refractivity contribution < 1.29 is 9.59 Å². The van der Waals surface area contributed by atoms with Gasteiger partial charge in [0, 0.05) is 16.6 Å². The Bertz CT molecular complexity index is 419. The molecule has 0 bridgehead atoms. The van der Waals surface area contributed by atoms with Crippen LogP contribution in [0.2, 0.25) is 5.02 Å². The normalized spacial score (nSPS) is 10.1. The fraction of sp³-hybridized carbons (Fsp3) is 0.333. The van der Waals surface area contributed by atoms with Gasteiger partial charge in [-0.05, 0) is 26.0 Å². The highest BCUT2D eigenvalue weighted by Crippen LogP contribution is 2.10. The predicted octanol–water partition coefficient (Wildman–Crippen LogP) is 2.23. The maximum atomic E-state index is 11.7. The molecule has 0 radical (unpaired) electrons. The van der Waals surface area contributed by atoms with Gasteiger partial charge in [0.2, 0.25) is 0 Å². The van der Waals surface area contributed by atoms with Gasteiger partial charge < -0.3 is 10.6 Å². The monoisotopic (exact) mass is 254 g/mol. The largest absolute Gasteiger partial charge is 0.336 e. The Balaban J connectivity index is 2.48. The third-order valence-electron chi connectivity index (χ3n) is 1.98. The summed E-state index contributed by atoms with van der Waals surface area (Å²) in [6.45, 7) is 3.65. The van der Waals surface area contributed by atoms with Crippen molar-refractivity contribution in [3.63, 3.8) is 0 Å². The zero-order valence-electron chi connectivity index (χ0n) is 9.79. The lowest BCUT2D eigenvalue weighted by Gasteiger charge is -2.09. The van der Waals surface area contributed by atoms with Crippen molar-refractivity contribution in [1.29, 1.82) is 0 Å². The molecule has 0 aromatic heterocycles. The molecule has 5 heteroatoms. The van der Waals surface area contributed by atoms with Gasteiger partial charge in [0.1, 0.15) is 0 Å². The van der Waals surface area contributed by atoms with Crippen LogP contribution in [0.5, 0.6) is 0 Å². The van der Waals surface area contributed by atoms with Crippen LogP contribution < -0.4 is 10.6 Å². The highest BCUT2D eigenvalue weighted by molar-refractivity contribution is 6.31. The van der Waals surface area contributed by atoms with Gasteiger partial charge in [-0.3, -0.25) is 4.79 Å². The second kappa shape index (κ2) is 6.25. The summed E-state index contributed by atoms with van der Waals surface area (Å²) in [5.74, 6) is -0.175. The first-order valence-corrected chi connectivity index (χ1v) is 5.70. The van der Waals surface area contributed by atoms with Crippen LogP contribution in [-0.4, -0.2) is 24.4 Å². The van der Waals surface area contributed by atoms with Gasteiger partial charge in [0.05, 0.1) is 6.54 Å². The molecule has 0 saturated heterocycles. The maximum absolute atomic E-state index is 11.7. The number of carbonyl (C=O) groups is 2. The minimum absolute atomic E-state index is 0.0382. The summed E-state index contributed by atoms with van der Waals surface area (Å²) in [5.41, 5.74) is 0.488. The second-order valence-electron chi connectivity index (χ2n) is 3.92. The molecular formula is C12H15ClN2O2. The van der Waals surface area contributed by atoms with Crippen LogP contribution >= 0.6 is 11.6 Å². The summed E-state index contributed by atoms with van der Waals surface area (Å²) >= 11 is 5.77. The average Bonchev–Trinajstić information content (AvgIpc) is 2.25. The molecule has 17 heavy (non-hydrogen) atoms. The molecule has 1 aromatic rings. The smallest absolute Gasteiger partial charge is 0.315 e. The van der Waals surface area contributed by atoms with E-state index in [0.29, 0.717) is 10.6 Å². The summed E-state index contributed by atoms with van der Waals surface area (Å²) in [6, 6.07) is 6.31. The molecule has 0 aliphatic rings. The number of carbonyl (C=O) groups excluding carboxylic acids is 2. The first kappa shape index (κ1) is 13.5. The number of halogens is 1. The molecule has 4 nitrogen and oxygen atoms in total. The Hall–Kier alpha value is -1.55. The van der Waals surface area contributed by atoms with Gasteiger partial charge in [-0.1, -0.05) is 23.7 Å². The summed E-state index contributed by atoms with van der Waals surface area (Å²) in [7, 11) is 0. The Morgan fingerprint density at radius 1 is 1.35 bits per heavy atom. The van der Waals surface area contributed by atoms with E-state index in [-0.39, 0.29) is 24.4 Å². The van der Waals surface area contributed by atoms with E-state index in [9.17, 15) is 9.59 Å². The number of hydrogen-bond acceptors (Lipinski definition) is 2. The van der Waals surface area contributed by atoms with Crippen molar-refractivity contribution in [2.24, 2.45) is 0 Å². The maximum Gasteiger partial charge on any atom is 0.315 e. The molecule has 0 aliphatic heterocycles. The lowest BCUT2D eigenvalue weighted by Crippen LogP contribution is -2.41. The molecular weight excluding hydrogens is 240 g/mol. The second-order valence-corrected chi connectivity index (χ2v) is 4.35. The van der Waals surface area contributed by atoms with E-state index in [0.717, 1.165) is 0 Å². The molecule has 0 heterocycles. The summed E-state index contributed by atoms with van der Waals surface area (Å²) in [6.07, 6.45) is 0. The summed E-state index contributed by atoms with van der Waals surface area (Å²) in [5, 5.41) is 5.62. The van der Waals surface area contributed by atoms with Crippen LogP contribution in [0.25, 0.3) is 0 Å². The predicted molar refractivity (Wildman–Crippen MR) is 67.5 cm³/mol. The molecule has 2 N–H and O–H groups in total. The van der Waals surface area contributed by atoms with Crippen molar-refractivity contribution in [2.75, 3.05) is 6.54 Å². The molecule has 2 amide bonds. The number of amides is 2. The Labute approximate surface area is 105 Å². The van der Waals surface area contributed by atoms with Gasteiger partial charge in [-0.2, -0.15) is 0 Å². The van der Waals surface area contributed by atoms with E-state index in [1.54, 1.807) is 24.3 Å². The van der Waals surface area contributed by atoms with E-state index in [1.165, 1.54) is 0 Å². The van der Waals surface area contributed by atoms with E-state index < -0.39 is 0 Å². The van der Waals surface area contributed by atoms with Crippen LogP contribution in [0.15, 0.2) is 24.3 Å². The fourth-order valence-corrected chi connectivity index (χ4v) is 1.43. The number of hydrogen-bond donors (Lipinski definition) is 2. The SMILES string of the molecule is CC(C)NC(=O)NCC(=O)c1cccc(Cl)c1. The van der Waals surface area contributed by atoms with Gasteiger partial charge in [0.25, 0.3) is 0 Å². The highest BCUT2D eigenvalue weighted by atomic mass is 35.5. The Morgan fingerprint density at radius 2 is 2.06 bits per heavy atom. The Kier molecular flexibility index (Phi) is 4.97. The summed E-state index contributed by atoms with van der Waals surface area (Å²) in [4.78, 5) is 22.9. The van der Waals surface area contributed by atoms with Crippen molar-refractivity contribution in [3.05, 3.63) is 34.9 Å². The topological polar surface area (TPSA) is 58.2 Å². The van der Waals surface area contributed by atoms with Crippen molar-refractivity contribution in [2.45, 2.75) is 19.9 Å². The Morgan fingerprint density at radius 3 is 2.65 bits per heavy atom. The third kappa shape index (κ3) is 4.87. The molecule has 0 aliphatic carbocycles. The van der Waals surface area contributed by atoms with Gasteiger partial charge in [-0.25, -0.2) is 4.79 Å². The standard InChI is InChI=1S/C12H15ClN2O2/c1-8(2)15-12(17)14-7-11(16)9-4-3-5-10(13)6-9/h3-6,8H,7H2,1-2H3,(H2,14,15,17). The summed E-state index contributed by atoms with van der Waals surface area (Å²) < 4.78 is 0. The van der Waals surface area contributed by atoms with E-state index in [1.807, 2.05) is 13.8 Å². The molecule has 1 aromatic carbocycles. The molecule has 0 unspecified atom stereocenters. The molecule has 0 spiro atoms. The molecule has 1 rings (SSSR count). The number of urea groups is 1. The number of rotatable bonds is 4. The van der Waals surface area contributed by atoms with E-state index in [2.05, 4.69) is 10.6 Å². The third-order valence-corrected chi connectivity index (χ3v) is 2.21. The van der Waals surface area contributed by atoms with Gasteiger partial charge in [0.15, 0.2) is 5.78 Å². The fourth-order valence-electron chi connectivity index (χ4n) is 1.24. The van der Waals surface area contributed by atoms with Crippen molar-refractivity contribution in [1.82, 2.24) is 10.6 Å². The van der Waals surface area contributed by atoms with Crippen LogP contribution in [-0.2, 0) is 0 Å². The number of Topliss-reactive ketones (excluding diaryl/α,β-unsaturated/α-hetero) is 1. The van der Waals surface area contributed by atoms with E-state index in [4.69, 9.17) is 11.6 Å². The van der Waals surface area contributed by atoms with Crippen LogP contribution in [0.3, 0.4) is 0 Å². The molecule has 0 saturated carbocycles. The van der Waals surface area contributed by atoms with Gasteiger partial charge in [-0.15, -0.1) is 0 Å². The van der Waals surface area contributed by atoms with Crippen LogP contribution in [0.1, 0.15) is 24.2 Å². The average molecular weight is 255 g/mol. The first-order valence-electron chi connectivity index (χ1n) is 5.32. The first-order chi connectivity index (χ1) is 7.99. The lowest BCUT2D eigenvalue weighted by molar-refractivity contribution is 0.0992. The van der Waals surface area contributed by atoms with Crippen LogP contribution in [0.4, 0.5) is 4.79 Å². The number of benzene rings is 1. The number of ketones is 1. The molecule has 92 valence electrons. The van der Waals surface area contributed by atoms with Gasteiger partial charge >= 0.3 is 6.03 Å².